The average molecular weight is 283 g/mol. The first-order valence-electron chi connectivity index (χ1n) is 7.50. The first-order chi connectivity index (χ1) is 10.2. The van der Waals surface area contributed by atoms with Crippen molar-refractivity contribution in [3.05, 3.63) is 65.5 Å². The smallest absolute Gasteiger partial charge is 0.252 e. The zero-order valence-corrected chi connectivity index (χ0v) is 12.8. The summed E-state index contributed by atoms with van der Waals surface area (Å²) in [7, 11) is 1.93. The van der Waals surface area contributed by atoms with Crippen molar-refractivity contribution < 1.29 is 9.36 Å². The third-order valence-corrected chi connectivity index (χ3v) is 3.50. The monoisotopic (exact) mass is 283 g/mol. The summed E-state index contributed by atoms with van der Waals surface area (Å²) in [5.74, 6) is -0.0328. The number of nitrogens with one attached hydrogen (secondary N) is 1. The van der Waals surface area contributed by atoms with Gasteiger partial charge in [-0.25, -0.2) is 4.57 Å². The fourth-order valence-corrected chi connectivity index (χ4v) is 2.21. The molecule has 1 aromatic carbocycles. The molecule has 3 heteroatoms. The molecule has 3 nitrogen and oxygen atoms in total. The summed E-state index contributed by atoms with van der Waals surface area (Å²) in [4.78, 5) is 12.1. The molecule has 0 saturated heterocycles. The normalized spacial score (nSPS) is 10.4. The second-order valence-electron chi connectivity index (χ2n) is 5.36. The quantitative estimate of drug-likeness (QED) is 0.813. The number of hydrogen-bond acceptors (Lipinski definition) is 1. The number of amides is 1. The Labute approximate surface area is 126 Å². The predicted molar refractivity (Wildman–Crippen MR) is 83.8 cm³/mol. The van der Waals surface area contributed by atoms with Crippen molar-refractivity contribution in [3.8, 4) is 0 Å². The van der Waals surface area contributed by atoms with Gasteiger partial charge in [-0.3, -0.25) is 4.79 Å². The highest BCUT2D eigenvalue weighted by Gasteiger charge is 2.06. The van der Waals surface area contributed by atoms with Crippen LogP contribution in [-0.4, -0.2) is 5.91 Å². The molecule has 0 atom stereocenters. The maximum atomic E-state index is 12.1. The molecule has 1 N–H and O–H groups in total. The SMILES string of the molecule is CCCCc1cccc(CNC(=O)c2cc[n+](C)cc2)c1. The summed E-state index contributed by atoms with van der Waals surface area (Å²) in [6.45, 7) is 2.77. The lowest BCUT2D eigenvalue weighted by atomic mass is 10.1. The fourth-order valence-electron chi connectivity index (χ4n) is 2.21. The number of rotatable bonds is 6. The molecule has 1 heterocycles. The van der Waals surface area contributed by atoms with Crippen LogP contribution in [0.15, 0.2) is 48.8 Å². The van der Waals surface area contributed by atoms with E-state index in [9.17, 15) is 4.79 Å². The van der Waals surface area contributed by atoms with Crippen LogP contribution in [-0.2, 0) is 20.0 Å². The number of hydrogen-bond donors (Lipinski definition) is 1. The minimum atomic E-state index is -0.0328. The van der Waals surface area contributed by atoms with Crippen LogP contribution in [0.5, 0.6) is 0 Å². The van der Waals surface area contributed by atoms with Gasteiger partial charge in [-0.2, -0.15) is 0 Å². The lowest BCUT2D eigenvalue weighted by molar-refractivity contribution is -0.671. The second kappa shape index (κ2) is 7.58. The zero-order valence-electron chi connectivity index (χ0n) is 12.8. The van der Waals surface area contributed by atoms with Gasteiger partial charge in [0.25, 0.3) is 5.91 Å². The molecular formula is C18H23N2O+. The van der Waals surface area contributed by atoms with Gasteiger partial charge in [0.05, 0.1) is 5.56 Å². The maximum absolute atomic E-state index is 12.1. The van der Waals surface area contributed by atoms with Crippen LogP contribution in [0.3, 0.4) is 0 Å². The van der Waals surface area contributed by atoms with Gasteiger partial charge >= 0.3 is 0 Å². The van der Waals surface area contributed by atoms with Gasteiger partial charge in [0.1, 0.15) is 7.05 Å². The van der Waals surface area contributed by atoms with Crippen molar-refractivity contribution in [2.24, 2.45) is 7.05 Å². The largest absolute Gasteiger partial charge is 0.348 e. The Morgan fingerprint density at radius 1 is 1.14 bits per heavy atom. The van der Waals surface area contributed by atoms with Gasteiger partial charge in [-0.05, 0) is 24.0 Å². The Kier molecular flexibility index (Phi) is 5.50. The Hall–Kier alpha value is -2.16. The lowest BCUT2D eigenvalue weighted by Gasteiger charge is -2.07. The molecule has 0 unspecified atom stereocenters. The molecule has 1 aromatic heterocycles. The van der Waals surface area contributed by atoms with E-state index in [0.717, 1.165) is 12.0 Å². The second-order valence-corrected chi connectivity index (χ2v) is 5.36. The van der Waals surface area contributed by atoms with Gasteiger partial charge in [-0.15, -0.1) is 0 Å². The van der Waals surface area contributed by atoms with Crippen molar-refractivity contribution in [3.63, 3.8) is 0 Å². The standard InChI is InChI=1S/C18H22N2O/c1-3-4-6-15-7-5-8-16(13-15)14-19-18(21)17-9-11-20(2)12-10-17/h5,7-13H,3-4,6,14H2,1-2H3/p+1. The Balaban J connectivity index is 1.93. The van der Waals surface area contributed by atoms with E-state index in [1.807, 2.05) is 36.1 Å². The summed E-state index contributed by atoms with van der Waals surface area (Å²) >= 11 is 0. The van der Waals surface area contributed by atoms with Crippen LogP contribution >= 0.6 is 0 Å². The highest BCUT2D eigenvalue weighted by molar-refractivity contribution is 5.93. The summed E-state index contributed by atoms with van der Waals surface area (Å²) in [6, 6.07) is 12.1. The molecule has 0 spiro atoms. The van der Waals surface area contributed by atoms with Gasteiger partial charge in [0, 0.05) is 18.7 Å². The van der Waals surface area contributed by atoms with Crippen molar-refractivity contribution in [2.45, 2.75) is 32.7 Å². The Morgan fingerprint density at radius 3 is 2.57 bits per heavy atom. The number of carbonyl (C=O) groups is 1. The van der Waals surface area contributed by atoms with E-state index in [-0.39, 0.29) is 5.91 Å². The fraction of sp³-hybridized carbons (Fsp3) is 0.333. The average Bonchev–Trinajstić information content (AvgIpc) is 2.52. The molecule has 0 aliphatic carbocycles. The molecule has 2 aromatic rings. The van der Waals surface area contributed by atoms with Crippen molar-refractivity contribution >= 4 is 5.91 Å². The number of aromatic nitrogens is 1. The molecule has 2 rings (SSSR count). The Morgan fingerprint density at radius 2 is 1.86 bits per heavy atom. The summed E-state index contributed by atoms with van der Waals surface area (Å²) in [6.07, 6.45) is 7.26. The van der Waals surface area contributed by atoms with Crippen LogP contribution in [0.1, 0.15) is 41.3 Å². The molecule has 0 bridgehead atoms. The first-order valence-corrected chi connectivity index (χ1v) is 7.50. The Bertz CT molecular complexity index is 590. The number of carbonyl (C=O) groups excluding carboxylic acids is 1. The summed E-state index contributed by atoms with van der Waals surface area (Å²) in [5, 5.41) is 2.97. The molecule has 0 aliphatic rings. The van der Waals surface area contributed by atoms with Crippen molar-refractivity contribution in [1.82, 2.24) is 5.32 Å². The molecule has 1 amide bonds. The van der Waals surface area contributed by atoms with E-state index >= 15 is 0 Å². The van der Waals surface area contributed by atoms with Gasteiger partial charge in [0.2, 0.25) is 0 Å². The van der Waals surface area contributed by atoms with Crippen LogP contribution in [0.2, 0.25) is 0 Å². The number of aryl methyl sites for hydroxylation is 2. The molecule has 21 heavy (non-hydrogen) atoms. The van der Waals surface area contributed by atoms with Gasteiger partial charge in [-0.1, -0.05) is 37.6 Å². The van der Waals surface area contributed by atoms with E-state index in [2.05, 4.69) is 36.5 Å². The van der Waals surface area contributed by atoms with E-state index in [4.69, 9.17) is 0 Å². The molecule has 0 radical (unpaired) electrons. The van der Waals surface area contributed by atoms with E-state index in [1.165, 1.54) is 18.4 Å². The zero-order chi connectivity index (χ0) is 15.1. The summed E-state index contributed by atoms with van der Waals surface area (Å²) in [5.41, 5.74) is 3.18. The molecule has 0 fully saturated rings. The molecular weight excluding hydrogens is 260 g/mol. The molecule has 110 valence electrons. The minimum absolute atomic E-state index is 0.0328. The number of unbranched alkanes of at least 4 members (excludes halogenated alkanes) is 1. The third-order valence-electron chi connectivity index (χ3n) is 3.50. The number of nitrogens with zero attached hydrogens (tertiary/aromatic N) is 1. The summed E-state index contributed by atoms with van der Waals surface area (Å²) < 4.78 is 1.91. The third kappa shape index (κ3) is 4.71. The topological polar surface area (TPSA) is 33.0 Å². The predicted octanol–water partition coefficient (Wildman–Crippen LogP) is 2.78. The van der Waals surface area contributed by atoms with Gasteiger partial charge < -0.3 is 5.32 Å². The van der Waals surface area contributed by atoms with Crippen molar-refractivity contribution in [1.29, 1.82) is 0 Å². The lowest BCUT2D eigenvalue weighted by Crippen LogP contribution is -2.28. The van der Waals surface area contributed by atoms with Crippen molar-refractivity contribution in [2.75, 3.05) is 0 Å². The minimum Gasteiger partial charge on any atom is -0.348 e. The van der Waals surface area contributed by atoms with Crippen LogP contribution in [0.25, 0.3) is 0 Å². The number of benzene rings is 1. The van der Waals surface area contributed by atoms with E-state index in [1.54, 1.807) is 0 Å². The maximum Gasteiger partial charge on any atom is 0.252 e. The van der Waals surface area contributed by atoms with E-state index in [0.29, 0.717) is 12.1 Å². The van der Waals surface area contributed by atoms with Crippen LogP contribution in [0, 0.1) is 0 Å². The first kappa shape index (κ1) is 15.2. The highest BCUT2D eigenvalue weighted by Crippen LogP contribution is 2.09. The molecule has 0 saturated carbocycles. The van der Waals surface area contributed by atoms with Crippen LogP contribution < -0.4 is 9.88 Å². The van der Waals surface area contributed by atoms with Gasteiger partial charge in [0.15, 0.2) is 12.4 Å². The molecule has 0 aliphatic heterocycles. The number of pyridine rings is 1. The highest BCUT2D eigenvalue weighted by atomic mass is 16.1. The van der Waals surface area contributed by atoms with E-state index < -0.39 is 0 Å². The van der Waals surface area contributed by atoms with Crippen LogP contribution in [0.4, 0.5) is 0 Å².